The number of hydrogen-bond acceptors (Lipinski definition) is 8. The molecule has 270 valence electrons. The highest BCUT2D eigenvalue weighted by atomic mass is 19.3. The molecular weight excluding hydrogens is 690 g/mol. The lowest BCUT2D eigenvalue weighted by Gasteiger charge is -2.39. The number of alkyl halides is 3. The molecule has 52 heavy (non-hydrogen) atoms. The molecule has 16 heteroatoms. The van der Waals surface area contributed by atoms with Crippen molar-refractivity contribution in [3.05, 3.63) is 88.9 Å². The number of nitrogens with zero attached hydrogens (tertiary/aromatic N) is 8. The predicted molar refractivity (Wildman–Crippen MR) is 179 cm³/mol. The van der Waals surface area contributed by atoms with Crippen molar-refractivity contribution in [2.75, 3.05) is 50.8 Å². The second-order valence-corrected chi connectivity index (χ2v) is 13.1. The van der Waals surface area contributed by atoms with Gasteiger partial charge in [-0.3, -0.25) is 19.7 Å². The molecule has 1 aromatic carbocycles. The van der Waals surface area contributed by atoms with Crippen LogP contribution in [0.1, 0.15) is 36.9 Å². The summed E-state index contributed by atoms with van der Waals surface area (Å²) in [4.78, 5) is 38.7. The SMILES string of the molecule is [C-]#[N+]C[C@H]1CN(c2nc(OC[C@@]34CCCN3C[C@H](F)C4)nc3c(F)c(-c4cc(F)ccc4C(F)F)ncc23)CCN1C(=O)/C(F)=C/c1ccccn1. The van der Waals surface area contributed by atoms with Gasteiger partial charge in [0.2, 0.25) is 6.54 Å². The molecule has 1 amide bonds. The Labute approximate surface area is 294 Å². The third-order valence-corrected chi connectivity index (χ3v) is 9.89. The van der Waals surface area contributed by atoms with E-state index in [4.69, 9.17) is 11.3 Å². The van der Waals surface area contributed by atoms with Gasteiger partial charge < -0.3 is 19.4 Å². The quantitative estimate of drug-likeness (QED) is 0.115. The molecular formula is C36H32F6N8O2. The van der Waals surface area contributed by atoms with E-state index in [1.807, 2.05) is 4.90 Å². The van der Waals surface area contributed by atoms with Gasteiger partial charge in [-0.25, -0.2) is 32.9 Å². The average molecular weight is 723 g/mol. The van der Waals surface area contributed by atoms with Crippen LogP contribution < -0.4 is 9.64 Å². The summed E-state index contributed by atoms with van der Waals surface area (Å²) >= 11 is 0. The highest BCUT2D eigenvalue weighted by Crippen LogP contribution is 2.41. The number of anilines is 1. The summed E-state index contributed by atoms with van der Waals surface area (Å²) < 4.78 is 94.5. The summed E-state index contributed by atoms with van der Waals surface area (Å²) in [6.07, 6.45) is 1.31. The average Bonchev–Trinajstić information content (AvgIpc) is 3.66. The molecule has 0 bridgehead atoms. The molecule has 0 spiro atoms. The van der Waals surface area contributed by atoms with Crippen molar-refractivity contribution in [2.45, 2.75) is 43.4 Å². The van der Waals surface area contributed by atoms with E-state index in [1.54, 1.807) is 17.0 Å². The topological polar surface area (TPSA) is 91.9 Å². The summed E-state index contributed by atoms with van der Waals surface area (Å²) in [5.74, 6) is -3.89. The molecule has 6 heterocycles. The Bertz CT molecular complexity index is 2060. The number of carbonyl (C=O) groups excluding carboxylic acids is 1. The molecule has 0 aliphatic carbocycles. The molecule has 3 fully saturated rings. The number of carbonyl (C=O) groups is 1. The van der Waals surface area contributed by atoms with Crippen molar-refractivity contribution in [2.24, 2.45) is 0 Å². The summed E-state index contributed by atoms with van der Waals surface area (Å²) in [6, 6.07) is 6.21. The highest BCUT2D eigenvalue weighted by Gasteiger charge is 2.49. The Hall–Kier alpha value is -5.30. The number of pyridine rings is 2. The van der Waals surface area contributed by atoms with Gasteiger partial charge >= 0.3 is 6.01 Å². The molecule has 10 nitrogen and oxygen atoms in total. The number of hydrogen-bond donors (Lipinski definition) is 0. The fourth-order valence-electron chi connectivity index (χ4n) is 7.45. The zero-order valence-corrected chi connectivity index (χ0v) is 27.7. The third kappa shape index (κ3) is 6.72. The Kier molecular flexibility index (Phi) is 9.71. The molecule has 3 aliphatic rings. The largest absolute Gasteiger partial charge is 0.461 e. The van der Waals surface area contributed by atoms with Gasteiger partial charge in [0, 0.05) is 62.2 Å². The number of benzene rings is 1. The molecule has 7 rings (SSSR count). The van der Waals surface area contributed by atoms with Crippen LogP contribution in [0.5, 0.6) is 6.01 Å². The van der Waals surface area contributed by atoms with Crippen LogP contribution in [0.4, 0.5) is 32.2 Å². The molecule has 0 saturated carbocycles. The fraction of sp³-hybridized carbons (Fsp3) is 0.389. The van der Waals surface area contributed by atoms with Gasteiger partial charge in [-0.1, -0.05) is 6.07 Å². The zero-order chi connectivity index (χ0) is 36.6. The maximum atomic E-state index is 16.5. The predicted octanol–water partition coefficient (Wildman–Crippen LogP) is 6.20. The van der Waals surface area contributed by atoms with Gasteiger partial charge in [-0.15, -0.1) is 0 Å². The van der Waals surface area contributed by atoms with Gasteiger partial charge in [0.1, 0.15) is 41.7 Å². The molecule has 0 unspecified atom stereocenters. The van der Waals surface area contributed by atoms with E-state index in [1.165, 1.54) is 23.4 Å². The van der Waals surface area contributed by atoms with E-state index in [9.17, 15) is 22.4 Å². The molecule has 3 atom stereocenters. The number of amides is 1. The van der Waals surface area contributed by atoms with E-state index in [0.29, 0.717) is 13.0 Å². The molecule has 0 N–H and O–H groups in total. The second kappa shape index (κ2) is 14.4. The van der Waals surface area contributed by atoms with Gasteiger partial charge in [-0.2, -0.15) is 9.97 Å². The maximum absolute atomic E-state index is 16.5. The minimum atomic E-state index is -3.06. The first-order valence-corrected chi connectivity index (χ1v) is 16.7. The summed E-state index contributed by atoms with van der Waals surface area (Å²) in [5, 5.41) is 0.0523. The van der Waals surface area contributed by atoms with E-state index in [-0.39, 0.29) is 74.2 Å². The van der Waals surface area contributed by atoms with Crippen molar-refractivity contribution in [3.8, 4) is 17.3 Å². The molecule has 3 saturated heterocycles. The van der Waals surface area contributed by atoms with Crippen LogP contribution in [0.15, 0.2) is 54.6 Å². The number of piperazine rings is 1. The summed E-state index contributed by atoms with van der Waals surface area (Å²) in [5.41, 5.74) is -2.37. The van der Waals surface area contributed by atoms with Gasteiger partial charge in [0.15, 0.2) is 11.6 Å². The number of halogens is 6. The van der Waals surface area contributed by atoms with Gasteiger partial charge in [-0.05, 0) is 49.7 Å². The van der Waals surface area contributed by atoms with Crippen LogP contribution in [0, 0.1) is 18.2 Å². The molecule has 0 radical (unpaired) electrons. The van der Waals surface area contributed by atoms with Crippen molar-refractivity contribution in [1.29, 1.82) is 0 Å². The second-order valence-electron chi connectivity index (χ2n) is 13.1. The van der Waals surface area contributed by atoms with Crippen molar-refractivity contribution < 1.29 is 35.9 Å². The van der Waals surface area contributed by atoms with Crippen LogP contribution in [-0.2, 0) is 4.79 Å². The highest BCUT2D eigenvalue weighted by molar-refractivity contribution is 5.96. The van der Waals surface area contributed by atoms with E-state index in [2.05, 4.69) is 24.8 Å². The first kappa shape index (κ1) is 35.1. The number of aromatic nitrogens is 4. The van der Waals surface area contributed by atoms with Crippen molar-refractivity contribution in [3.63, 3.8) is 0 Å². The minimum absolute atomic E-state index is 0.00185. The number of ether oxygens (including phenoxy) is 1. The van der Waals surface area contributed by atoms with Gasteiger partial charge in [0.25, 0.3) is 12.3 Å². The standard InChI is InChI=1S/C36H32F6N8O2/c1-43-16-24-19-48(11-12-50(24)34(51)28(39)14-23-5-2-3-9-44-23)33-27-17-45-30(26-13-21(37)6-7-25(26)32(41)42)29(40)31(27)46-35(47-33)52-20-36-8-4-10-49(36)18-22(38)15-36/h2-3,5-7,9,13-14,17,22,24,32H,4,8,10-12,15-16,18-20H2/b28-14-/t22-,24+,36+/m1/s1. The van der Waals surface area contributed by atoms with E-state index < -0.39 is 64.4 Å². The Morgan fingerprint density at radius 1 is 1.12 bits per heavy atom. The lowest BCUT2D eigenvalue weighted by molar-refractivity contribution is -0.130. The van der Waals surface area contributed by atoms with Crippen LogP contribution in [0.2, 0.25) is 0 Å². The van der Waals surface area contributed by atoms with Crippen molar-refractivity contribution in [1.82, 2.24) is 29.7 Å². The van der Waals surface area contributed by atoms with E-state index >= 15 is 8.78 Å². The Balaban J connectivity index is 1.26. The van der Waals surface area contributed by atoms with Gasteiger partial charge in [0.05, 0.1) is 16.6 Å². The van der Waals surface area contributed by atoms with Crippen molar-refractivity contribution >= 4 is 28.7 Å². The summed E-state index contributed by atoms with van der Waals surface area (Å²) in [7, 11) is 0. The summed E-state index contributed by atoms with van der Waals surface area (Å²) in [6.45, 7) is 8.29. The lowest BCUT2D eigenvalue weighted by Crippen LogP contribution is -2.56. The van der Waals surface area contributed by atoms with Crippen LogP contribution in [0.3, 0.4) is 0 Å². The smallest absolute Gasteiger partial charge is 0.319 e. The maximum Gasteiger partial charge on any atom is 0.319 e. The van der Waals surface area contributed by atoms with E-state index in [0.717, 1.165) is 30.7 Å². The number of rotatable bonds is 9. The third-order valence-electron chi connectivity index (χ3n) is 9.89. The van der Waals surface area contributed by atoms with Crippen LogP contribution >= 0.6 is 0 Å². The monoisotopic (exact) mass is 722 g/mol. The van der Waals surface area contributed by atoms with Crippen LogP contribution in [-0.4, -0.2) is 99.3 Å². The Morgan fingerprint density at radius 2 is 1.96 bits per heavy atom. The number of fused-ring (bicyclic) bond motifs is 2. The fourth-order valence-corrected chi connectivity index (χ4v) is 7.45. The minimum Gasteiger partial charge on any atom is -0.461 e. The first-order valence-electron chi connectivity index (χ1n) is 16.7. The Morgan fingerprint density at radius 3 is 2.73 bits per heavy atom. The first-order chi connectivity index (χ1) is 25.1. The zero-order valence-electron chi connectivity index (χ0n) is 27.7. The molecule has 3 aliphatic heterocycles. The molecule has 4 aromatic rings. The normalized spacial score (nSPS) is 22.2. The van der Waals surface area contributed by atoms with Crippen LogP contribution in [0.25, 0.3) is 33.1 Å². The lowest BCUT2D eigenvalue weighted by atomic mass is 9.95. The molecule has 3 aromatic heterocycles.